The number of aromatic nitrogens is 2. The summed E-state index contributed by atoms with van der Waals surface area (Å²) in [4.78, 5) is 6.71. The molecule has 1 unspecified atom stereocenters. The maximum Gasteiger partial charge on any atom is 0.258 e. The molecule has 1 N–H and O–H groups in total. The van der Waals surface area contributed by atoms with Gasteiger partial charge in [-0.05, 0) is 67.9 Å². The summed E-state index contributed by atoms with van der Waals surface area (Å²) in [5, 5.41) is 8.21. The molecule has 1 aliphatic heterocycles. The highest BCUT2D eigenvalue weighted by atomic mass is 32.1. The number of aryl methyl sites for hydroxylation is 2. The van der Waals surface area contributed by atoms with E-state index >= 15 is 0 Å². The Morgan fingerprint density at radius 1 is 0.971 bits per heavy atom. The smallest absolute Gasteiger partial charge is 0.258 e. The van der Waals surface area contributed by atoms with Gasteiger partial charge in [-0.25, -0.2) is 4.39 Å². The zero-order valence-electron chi connectivity index (χ0n) is 19.7. The molecule has 1 atom stereocenters. The van der Waals surface area contributed by atoms with Crippen LogP contribution in [0.5, 0.6) is 0 Å². The van der Waals surface area contributed by atoms with Gasteiger partial charge in [0.2, 0.25) is 5.82 Å². The molecule has 5 rings (SSSR count). The minimum Gasteiger partial charge on any atom is -0.351 e. The SMILES string of the molecule is CCc1ccc(N2C(=S)NC(c3ccc(F)cc3)C(c3nc(-c4ccc(C)cc4)no3)=C2C)cc1. The fourth-order valence-corrected chi connectivity index (χ4v) is 4.63. The molecule has 0 saturated carbocycles. The molecule has 0 aliphatic carbocycles. The Morgan fingerprint density at radius 3 is 2.31 bits per heavy atom. The van der Waals surface area contributed by atoms with Crippen LogP contribution in [0, 0.1) is 12.7 Å². The number of rotatable bonds is 5. The largest absolute Gasteiger partial charge is 0.351 e. The fourth-order valence-electron chi connectivity index (χ4n) is 4.27. The molecule has 0 saturated heterocycles. The van der Waals surface area contributed by atoms with Crippen molar-refractivity contribution in [2.75, 3.05) is 4.90 Å². The number of hydrogen-bond acceptors (Lipinski definition) is 4. The predicted octanol–water partition coefficient (Wildman–Crippen LogP) is 6.61. The Balaban J connectivity index is 1.63. The number of anilines is 1. The lowest BCUT2D eigenvalue weighted by molar-refractivity contribution is 0.404. The molecule has 0 amide bonds. The van der Waals surface area contributed by atoms with E-state index in [4.69, 9.17) is 21.7 Å². The first-order valence-corrected chi connectivity index (χ1v) is 11.9. The van der Waals surface area contributed by atoms with Crippen LogP contribution in [0.3, 0.4) is 0 Å². The van der Waals surface area contributed by atoms with Gasteiger partial charge in [-0.3, -0.25) is 4.90 Å². The molecule has 5 nitrogen and oxygen atoms in total. The Bertz CT molecular complexity index is 1390. The van der Waals surface area contributed by atoms with Gasteiger partial charge >= 0.3 is 0 Å². The van der Waals surface area contributed by atoms with Crippen LogP contribution in [0.25, 0.3) is 17.0 Å². The zero-order chi connectivity index (χ0) is 24.5. The lowest BCUT2D eigenvalue weighted by Gasteiger charge is -2.37. The van der Waals surface area contributed by atoms with Crippen molar-refractivity contribution in [2.24, 2.45) is 0 Å². The van der Waals surface area contributed by atoms with Gasteiger partial charge in [-0.1, -0.05) is 66.2 Å². The summed E-state index contributed by atoms with van der Waals surface area (Å²) in [6.45, 7) is 6.15. The molecule has 0 radical (unpaired) electrons. The average molecular weight is 485 g/mol. The van der Waals surface area contributed by atoms with Crippen LogP contribution in [0.1, 0.15) is 42.5 Å². The van der Waals surface area contributed by atoms with Gasteiger partial charge in [-0.2, -0.15) is 4.98 Å². The summed E-state index contributed by atoms with van der Waals surface area (Å²) < 4.78 is 19.5. The highest BCUT2D eigenvalue weighted by Gasteiger charge is 2.34. The molecule has 0 fully saturated rings. The molecule has 7 heteroatoms. The number of benzene rings is 3. The van der Waals surface area contributed by atoms with Crippen LogP contribution in [-0.2, 0) is 6.42 Å². The maximum absolute atomic E-state index is 13.7. The average Bonchev–Trinajstić information content (AvgIpc) is 3.35. The van der Waals surface area contributed by atoms with Gasteiger partial charge in [0.25, 0.3) is 5.89 Å². The van der Waals surface area contributed by atoms with Gasteiger partial charge in [-0.15, -0.1) is 0 Å². The summed E-state index contributed by atoms with van der Waals surface area (Å²) in [6, 6.07) is 22.3. The van der Waals surface area contributed by atoms with E-state index in [1.165, 1.54) is 17.7 Å². The molecule has 4 aromatic rings. The number of thiocarbonyl (C=S) groups is 1. The van der Waals surface area contributed by atoms with Crippen molar-refractivity contribution in [1.82, 2.24) is 15.5 Å². The third-order valence-corrected chi connectivity index (χ3v) is 6.56. The first-order chi connectivity index (χ1) is 16.9. The van der Waals surface area contributed by atoms with Crippen molar-refractivity contribution in [2.45, 2.75) is 33.2 Å². The van der Waals surface area contributed by atoms with E-state index in [9.17, 15) is 4.39 Å². The lowest BCUT2D eigenvalue weighted by atomic mass is 9.94. The molecule has 2 heterocycles. The minimum absolute atomic E-state index is 0.300. The van der Waals surface area contributed by atoms with Gasteiger partial charge in [0.15, 0.2) is 5.11 Å². The van der Waals surface area contributed by atoms with E-state index in [1.54, 1.807) is 12.1 Å². The van der Waals surface area contributed by atoms with Gasteiger partial charge in [0, 0.05) is 16.9 Å². The monoisotopic (exact) mass is 484 g/mol. The van der Waals surface area contributed by atoms with Crippen LogP contribution < -0.4 is 10.2 Å². The Morgan fingerprint density at radius 2 is 1.66 bits per heavy atom. The zero-order valence-corrected chi connectivity index (χ0v) is 20.6. The van der Waals surface area contributed by atoms with Crippen LogP contribution >= 0.6 is 12.2 Å². The lowest BCUT2D eigenvalue weighted by Crippen LogP contribution is -2.46. The second-order valence-electron chi connectivity index (χ2n) is 8.58. The maximum atomic E-state index is 13.7. The Labute approximate surface area is 209 Å². The van der Waals surface area contributed by atoms with Crippen molar-refractivity contribution < 1.29 is 8.91 Å². The first-order valence-electron chi connectivity index (χ1n) is 11.5. The van der Waals surface area contributed by atoms with E-state index in [-0.39, 0.29) is 11.9 Å². The number of allylic oxidation sites excluding steroid dienone is 1. The van der Waals surface area contributed by atoms with Crippen molar-refractivity contribution in [3.63, 3.8) is 0 Å². The normalized spacial score (nSPS) is 15.9. The van der Waals surface area contributed by atoms with Crippen molar-refractivity contribution in [3.05, 3.63) is 107 Å². The summed E-state index contributed by atoms with van der Waals surface area (Å²) in [6.07, 6.45) is 0.958. The van der Waals surface area contributed by atoms with Gasteiger partial charge in [0.1, 0.15) is 5.82 Å². The molecule has 176 valence electrons. The Hall–Kier alpha value is -3.84. The van der Waals surface area contributed by atoms with Crippen molar-refractivity contribution in [3.8, 4) is 11.4 Å². The van der Waals surface area contributed by atoms with Crippen LogP contribution in [-0.4, -0.2) is 15.3 Å². The summed E-state index contributed by atoms with van der Waals surface area (Å²) in [7, 11) is 0. The van der Waals surface area contributed by atoms with Crippen LogP contribution in [0.4, 0.5) is 10.1 Å². The van der Waals surface area contributed by atoms with Crippen molar-refractivity contribution in [1.29, 1.82) is 0 Å². The van der Waals surface area contributed by atoms with Crippen LogP contribution in [0.2, 0.25) is 0 Å². The highest BCUT2D eigenvalue weighted by Crippen LogP contribution is 2.39. The number of nitrogens with zero attached hydrogens (tertiary/aromatic N) is 3. The molecule has 1 aliphatic rings. The van der Waals surface area contributed by atoms with E-state index < -0.39 is 0 Å². The van der Waals surface area contributed by atoms with Crippen LogP contribution in [0.15, 0.2) is 83.0 Å². The van der Waals surface area contributed by atoms with Crippen molar-refractivity contribution >= 4 is 28.6 Å². The number of nitrogens with one attached hydrogen (secondary N) is 1. The van der Waals surface area contributed by atoms with E-state index in [2.05, 4.69) is 41.7 Å². The second-order valence-corrected chi connectivity index (χ2v) is 8.96. The molecule has 35 heavy (non-hydrogen) atoms. The van der Waals surface area contributed by atoms with Gasteiger partial charge in [0.05, 0.1) is 11.6 Å². The summed E-state index contributed by atoms with van der Waals surface area (Å²) >= 11 is 5.79. The molecule has 0 bridgehead atoms. The Kier molecular flexibility index (Phi) is 6.17. The predicted molar refractivity (Wildman–Crippen MR) is 140 cm³/mol. The minimum atomic E-state index is -0.374. The third-order valence-electron chi connectivity index (χ3n) is 6.26. The third kappa shape index (κ3) is 4.47. The van der Waals surface area contributed by atoms with E-state index in [0.717, 1.165) is 40.1 Å². The highest BCUT2D eigenvalue weighted by molar-refractivity contribution is 7.80. The summed E-state index contributed by atoms with van der Waals surface area (Å²) in [5.41, 5.74) is 6.71. The van der Waals surface area contributed by atoms with E-state index in [1.807, 2.05) is 43.0 Å². The first kappa shape index (κ1) is 22.9. The standard InChI is InChI=1S/C28H25FN4OS/c1-4-19-7-15-23(16-8-19)33-18(3)24(25(30-28(33)35)20-11-13-22(29)14-12-20)27-31-26(32-34-27)21-9-5-17(2)6-10-21/h5-16,25H,4H2,1-3H3,(H,30,35). The summed E-state index contributed by atoms with van der Waals surface area (Å²) in [5.74, 6) is 0.592. The number of hydrogen-bond donors (Lipinski definition) is 1. The number of halogens is 1. The molecular weight excluding hydrogens is 459 g/mol. The molecule has 0 spiro atoms. The second kappa shape index (κ2) is 9.43. The molecule has 3 aromatic carbocycles. The fraction of sp³-hybridized carbons (Fsp3) is 0.179. The van der Waals surface area contributed by atoms with E-state index in [0.29, 0.717) is 16.8 Å². The quantitative estimate of drug-likeness (QED) is 0.322. The molecule has 1 aromatic heterocycles. The topological polar surface area (TPSA) is 54.2 Å². The molecular formula is C28H25FN4OS. The van der Waals surface area contributed by atoms with Gasteiger partial charge < -0.3 is 9.84 Å².